The van der Waals surface area contributed by atoms with Gasteiger partial charge in [-0.05, 0) is 26.3 Å². The predicted molar refractivity (Wildman–Crippen MR) is 48.5 cm³/mol. The van der Waals surface area contributed by atoms with E-state index < -0.39 is 0 Å². The maximum atomic E-state index is 5.83. The number of nitrogens with two attached hydrogens (primary N) is 1. The Hall–Kier alpha value is -0.340. The van der Waals surface area contributed by atoms with Gasteiger partial charge in [0.05, 0.1) is 0 Å². The lowest BCUT2D eigenvalue weighted by Gasteiger charge is -2.29. The van der Waals surface area contributed by atoms with Gasteiger partial charge in [-0.3, -0.25) is 4.90 Å². The lowest BCUT2D eigenvalue weighted by Crippen LogP contribution is -2.42. The number of nitrogens with zero attached hydrogens (tertiary/aromatic N) is 1. The van der Waals surface area contributed by atoms with Gasteiger partial charge in [0.15, 0.2) is 0 Å². The van der Waals surface area contributed by atoms with Crippen LogP contribution in [-0.2, 0) is 0 Å². The van der Waals surface area contributed by atoms with Crippen LogP contribution in [0.5, 0.6) is 0 Å². The van der Waals surface area contributed by atoms with Gasteiger partial charge in [-0.25, -0.2) is 0 Å². The van der Waals surface area contributed by atoms with Gasteiger partial charge in [0.1, 0.15) is 0 Å². The maximum Gasteiger partial charge on any atom is 0.0168 e. The second kappa shape index (κ2) is 4.52. The molecular formula is C9H18N2. The van der Waals surface area contributed by atoms with Crippen molar-refractivity contribution in [3.05, 3.63) is 12.2 Å². The van der Waals surface area contributed by atoms with Gasteiger partial charge in [0.25, 0.3) is 0 Å². The lowest BCUT2D eigenvalue weighted by atomic mass is 10.1. The highest BCUT2D eigenvalue weighted by molar-refractivity contribution is 4.84. The van der Waals surface area contributed by atoms with E-state index in [1.54, 1.807) is 0 Å². The molecule has 1 rings (SSSR count). The topological polar surface area (TPSA) is 29.3 Å². The molecule has 1 fully saturated rings. The SMILES string of the molecule is C/C=C/CN1CCC[C@@H](N)C1. The minimum Gasteiger partial charge on any atom is -0.327 e. The fourth-order valence-electron chi connectivity index (χ4n) is 1.51. The van der Waals surface area contributed by atoms with Crippen LogP contribution in [0.1, 0.15) is 19.8 Å². The van der Waals surface area contributed by atoms with E-state index in [-0.39, 0.29) is 0 Å². The van der Waals surface area contributed by atoms with Crippen LogP contribution in [0.15, 0.2) is 12.2 Å². The van der Waals surface area contributed by atoms with Crippen molar-refractivity contribution >= 4 is 0 Å². The highest BCUT2D eigenvalue weighted by atomic mass is 15.1. The van der Waals surface area contributed by atoms with Gasteiger partial charge in [-0.1, -0.05) is 12.2 Å². The van der Waals surface area contributed by atoms with Crippen molar-refractivity contribution in [3.8, 4) is 0 Å². The van der Waals surface area contributed by atoms with Gasteiger partial charge in [-0.2, -0.15) is 0 Å². The molecular weight excluding hydrogens is 136 g/mol. The number of likely N-dealkylation sites (tertiary alicyclic amines) is 1. The molecule has 0 spiro atoms. The Morgan fingerprint density at radius 3 is 3.09 bits per heavy atom. The third kappa shape index (κ3) is 3.04. The molecule has 0 saturated carbocycles. The Kier molecular flexibility index (Phi) is 3.60. The van der Waals surface area contributed by atoms with Gasteiger partial charge < -0.3 is 5.73 Å². The van der Waals surface area contributed by atoms with Crippen molar-refractivity contribution in [3.63, 3.8) is 0 Å². The zero-order valence-electron chi connectivity index (χ0n) is 7.29. The summed E-state index contributed by atoms with van der Waals surface area (Å²) in [6.07, 6.45) is 6.75. The zero-order chi connectivity index (χ0) is 8.10. The zero-order valence-corrected chi connectivity index (χ0v) is 7.29. The molecule has 2 heteroatoms. The van der Waals surface area contributed by atoms with Crippen molar-refractivity contribution in [1.29, 1.82) is 0 Å². The predicted octanol–water partition coefficient (Wildman–Crippen LogP) is 0.986. The number of hydrogen-bond donors (Lipinski definition) is 1. The average molecular weight is 154 g/mol. The summed E-state index contributed by atoms with van der Waals surface area (Å²) >= 11 is 0. The summed E-state index contributed by atoms with van der Waals surface area (Å²) < 4.78 is 0. The van der Waals surface area contributed by atoms with E-state index in [4.69, 9.17) is 5.73 Å². The molecule has 0 aromatic carbocycles. The smallest absolute Gasteiger partial charge is 0.0168 e. The van der Waals surface area contributed by atoms with Crippen LogP contribution >= 0.6 is 0 Å². The summed E-state index contributed by atoms with van der Waals surface area (Å²) in [4.78, 5) is 2.41. The van der Waals surface area contributed by atoms with E-state index in [0.29, 0.717) is 6.04 Å². The summed E-state index contributed by atoms with van der Waals surface area (Å²) in [6, 6.07) is 0.411. The summed E-state index contributed by atoms with van der Waals surface area (Å²) in [5.74, 6) is 0. The van der Waals surface area contributed by atoms with Crippen LogP contribution in [0.2, 0.25) is 0 Å². The standard InChI is InChI=1S/C9H18N2/c1-2-3-6-11-7-4-5-9(10)8-11/h2-3,9H,4-8,10H2,1H3/b3-2+/t9-/m1/s1. The van der Waals surface area contributed by atoms with Crippen molar-refractivity contribution < 1.29 is 0 Å². The monoisotopic (exact) mass is 154 g/mol. The quantitative estimate of drug-likeness (QED) is 0.601. The fourth-order valence-corrected chi connectivity index (χ4v) is 1.51. The lowest BCUT2D eigenvalue weighted by molar-refractivity contribution is 0.229. The van der Waals surface area contributed by atoms with E-state index in [1.807, 2.05) is 0 Å². The Morgan fingerprint density at radius 2 is 2.45 bits per heavy atom. The summed E-state index contributed by atoms with van der Waals surface area (Å²) in [5, 5.41) is 0. The number of rotatable bonds is 2. The van der Waals surface area contributed by atoms with Crippen molar-refractivity contribution in [2.75, 3.05) is 19.6 Å². The number of allylic oxidation sites excluding steroid dienone is 1. The molecule has 1 heterocycles. The maximum absolute atomic E-state index is 5.83. The molecule has 1 aliphatic rings. The largest absolute Gasteiger partial charge is 0.327 e. The van der Waals surface area contributed by atoms with Crippen LogP contribution in [0.25, 0.3) is 0 Å². The third-order valence-electron chi connectivity index (χ3n) is 2.14. The van der Waals surface area contributed by atoms with Gasteiger partial charge in [0, 0.05) is 19.1 Å². The van der Waals surface area contributed by atoms with Crippen molar-refractivity contribution in [2.45, 2.75) is 25.8 Å². The molecule has 1 saturated heterocycles. The van der Waals surface area contributed by atoms with E-state index >= 15 is 0 Å². The Bertz CT molecular complexity index is 132. The molecule has 0 bridgehead atoms. The van der Waals surface area contributed by atoms with Gasteiger partial charge >= 0.3 is 0 Å². The van der Waals surface area contributed by atoms with Crippen LogP contribution in [0.4, 0.5) is 0 Å². The Balaban J connectivity index is 2.22. The molecule has 64 valence electrons. The average Bonchev–Trinajstić information content (AvgIpc) is 2.01. The molecule has 0 amide bonds. The normalized spacial score (nSPS) is 28.0. The molecule has 11 heavy (non-hydrogen) atoms. The molecule has 0 aromatic heterocycles. The summed E-state index contributed by atoms with van der Waals surface area (Å²) in [5.41, 5.74) is 5.83. The molecule has 0 aliphatic carbocycles. The third-order valence-corrected chi connectivity index (χ3v) is 2.14. The minimum absolute atomic E-state index is 0.411. The molecule has 1 aliphatic heterocycles. The van der Waals surface area contributed by atoms with Crippen LogP contribution in [0.3, 0.4) is 0 Å². The minimum atomic E-state index is 0.411. The fraction of sp³-hybridized carbons (Fsp3) is 0.778. The second-order valence-electron chi connectivity index (χ2n) is 3.23. The molecule has 0 radical (unpaired) electrons. The Labute approximate surface area is 69.1 Å². The molecule has 2 nitrogen and oxygen atoms in total. The van der Waals surface area contributed by atoms with Gasteiger partial charge in [-0.15, -0.1) is 0 Å². The molecule has 0 unspecified atom stereocenters. The van der Waals surface area contributed by atoms with Crippen LogP contribution in [-0.4, -0.2) is 30.6 Å². The first kappa shape index (κ1) is 8.75. The molecule has 0 aromatic rings. The number of hydrogen-bond acceptors (Lipinski definition) is 2. The van der Waals surface area contributed by atoms with Crippen molar-refractivity contribution in [1.82, 2.24) is 4.90 Å². The number of piperidine rings is 1. The highest BCUT2D eigenvalue weighted by Crippen LogP contribution is 2.07. The Morgan fingerprint density at radius 1 is 1.64 bits per heavy atom. The van der Waals surface area contributed by atoms with Gasteiger partial charge in [0.2, 0.25) is 0 Å². The summed E-state index contributed by atoms with van der Waals surface area (Å²) in [6.45, 7) is 5.43. The molecule has 1 atom stereocenters. The van der Waals surface area contributed by atoms with E-state index in [0.717, 1.165) is 13.1 Å². The van der Waals surface area contributed by atoms with E-state index in [9.17, 15) is 0 Å². The van der Waals surface area contributed by atoms with E-state index in [1.165, 1.54) is 19.4 Å². The first-order valence-electron chi connectivity index (χ1n) is 4.42. The first-order chi connectivity index (χ1) is 5.33. The van der Waals surface area contributed by atoms with Crippen LogP contribution in [0, 0.1) is 0 Å². The highest BCUT2D eigenvalue weighted by Gasteiger charge is 2.14. The van der Waals surface area contributed by atoms with E-state index in [2.05, 4.69) is 24.0 Å². The summed E-state index contributed by atoms with van der Waals surface area (Å²) in [7, 11) is 0. The van der Waals surface area contributed by atoms with Crippen LogP contribution < -0.4 is 5.73 Å². The molecule has 2 N–H and O–H groups in total. The van der Waals surface area contributed by atoms with Crippen molar-refractivity contribution in [2.24, 2.45) is 5.73 Å². The second-order valence-corrected chi connectivity index (χ2v) is 3.23. The first-order valence-corrected chi connectivity index (χ1v) is 4.42.